The molecule has 0 radical (unpaired) electrons. The molecule has 31 heavy (non-hydrogen) atoms. The fourth-order valence-corrected chi connectivity index (χ4v) is 4.29. The fraction of sp³-hybridized carbons (Fsp3) is 0.167. The molecule has 0 amide bonds. The summed E-state index contributed by atoms with van der Waals surface area (Å²) in [5.74, 6) is 1.96. The number of aliphatic imine (C=N–C) groups is 1. The fourth-order valence-electron chi connectivity index (χ4n) is 2.91. The lowest BCUT2D eigenvalue weighted by atomic mass is 10.1. The first kappa shape index (κ1) is 21.2. The predicted octanol–water partition coefficient (Wildman–Crippen LogP) is 5.58. The Labute approximate surface area is 189 Å². The Hall–Kier alpha value is -3.03. The highest BCUT2D eigenvalue weighted by Crippen LogP contribution is 2.30. The number of nitrogens with zero attached hydrogens (tertiary/aromatic N) is 1. The van der Waals surface area contributed by atoms with Gasteiger partial charge in [-0.05, 0) is 54.3 Å². The SMILES string of the molecule is COc1cc(/C=C2/N=C(c3cccs3)OC2=O)ccc1OCCSc1ccc(C)cc1. The van der Waals surface area contributed by atoms with Gasteiger partial charge in [0.15, 0.2) is 17.2 Å². The van der Waals surface area contributed by atoms with E-state index in [4.69, 9.17) is 14.2 Å². The van der Waals surface area contributed by atoms with Gasteiger partial charge in [0, 0.05) is 10.6 Å². The molecule has 7 heteroatoms. The first-order chi connectivity index (χ1) is 15.1. The van der Waals surface area contributed by atoms with Gasteiger partial charge in [0.2, 0.25) is 5.90 Å². The van der Waals surface area contributed by atoms with Crippen LogP contribution in [0.25, 0.3) is 6.08 Å². The van der Waals surface area contributed by atoms with Crippen molar-refractivity contribution >= 4 is 41.0 Å². The Kier molecular flexibility index (Phi) is 6.74. The molecule has 0 spiro atoms. The molecule has 2 heterocycles. The Morgan fingerprint density at radius 3 is 2.71 bits per heavy atom. The zero-order valence-electron chi connectivity index (χ0n) is 17.2. The molecule has 0 unspecified atom stereocenters. The van der Waals surface area contributed by atoms with Crippen molar-refractivity contribution < 1.29 is 19.0 Å². The van der Waals surface area contributed by atoms with Crippen LogP contribution in [0.2, 0.25) is 0 Å². The molecule has 0 N–H and O–H groups in total. The number of benzene rings is 2. The number of ether oxygens (including phenoxy) is 3. The van der Waals surface area contributed by atoms with Gasteiger partial charge in [-0.2, -0.15) is 0 Å². The van der Waals surface area contributed by atoms with Crippen LogP contribution in [0.5, 0.6) is 11.5 Å². The maximum Gasteiger partial charge on any atom is 0.363 e. The van der Waals surface area contributed by atoms with Gasteiger partial charge in [-0.1, -0.05) is 29.8 Å². The number of thioether (sulfide) groups is 1. The van der Waals surface area contributed by atoms with Crippen molar-refractivity contribution in [1.29, 1.82) is 0 Å². The molecule has 1 aliphatic heterocycles. The van der Waals surface area contributed by atoms with Gasteiger partial charge in [-0.3, -0.25) is 0 Å². The zero-order valence-corrected chi connectivity index (χ0v) is 18.8. The maximum absolute atomic E-state index is 12.2. The normalized spacial score (nSPS) is 14.5. The van der Waals surface area contributed by atoms with Gasteiger partial charge in [-0.25, -0.2) is 9.79 Å². The summed E-state index contributed by atoms with van der Waals surface area (Å²) in [5.41, 5.74) is 2.29. The summed E-state index contributed by atoms with van der Waals surface area (Å²) >= 11 is 3.22. The first-order valence-electron chi connectivity index (χ1n) is 9.69. The standard InChI is InChI=1S/C24H21NO4S2/c1-16-5-8-18(9-6-16)30-13-11-28-20-10-7-17(15-21(20)27-2)14-19-24(26)29-23(25-19)22-4-3-12-31-22/h3-10,12,14-15H,11,13H2,1-2H3/b19-14+. The molecule has 0 aliphatic carbocycles. The third kappa shape index (κ3) is 5.37. The topological polar surface area (TPSA) is 57.1 Å². The van der Waals surface area contributed by atoms with E-state index in [1.165, 1.54) is 21.8 Å². The smallest absolute Gasteiger partial charge is 0.363 e. The summed E-state index contributed by atoms with van der Waals surface area (Å²) in [7, 11) is 1.59. The second kappa shape index (κ2) is 9.85. The van der Waals surface area contributed by atoms with Crippen LogP contribution in [0.4, 0.5) is 0 Å². The second-order valence-corrected chi connectivity index (χ2v) is 8.85. The Morgan fingerprint density at radius 2 is 1.97 bits per heavy atom. The van der Waals surface area contributed by atoms with Crippen molar-refractivity contribution in [2.45, 2.75) is 11.8 Å². The van der Waals surface area contributed by atoms with E-state index in [0.717, 1.165) is 16.2 Å². The molecule has 5 nitrogen and oxygen atoms in total. The Morgan fingerprint density at radius 1 is 1.13 bits per heavy atom. The number of hydrogen-bond acceptors (Lipinski definition) is 7. The lowest BCUT2D eigenvalue weighted by molar-refractivity contribution is -0.129. The van der Waals surface area contributed by atoms with E-state index in [-0.39, 0.29) is 5.70 Å². The largest absolute Gasteiger partial charge is 0.493 e. The number of hydrogen-bond donors (Lipinski definition) is 0. The van der Waals surface area contributed by atoms with Crippen molar-refractivity contribution in [3.8, 4) is 11.5 Å². The number of rotatable bonds is 8. The average molecular weight is 452 g/mol. The predicted molar refractivity (Wildman–Crippen MR) is 125 cm³/mol. The summed E-state index contributed by atoms with van der Waals surface area (Å²) in [4.78, 5) is 18.5. The van der Waals surface area contributed by atoms with E-state index < -0.39 is 5.97 Å². The monoisotopic (exact) mass is 451 g/mol. The van der Waals surface area contributed by atoms with Crippen molar-refractivity contribution in [3.05, 3.63) is 81.7 Å². The van der Waals surface area contributed by atoms with Crippen LogP contribution < -0.4 is 9.47 Å². The number of esters is 1. The van der Waals surface area contributed by atoms with Gasteiger partial charge in [0.05, 0.1) is 18.6 Å². The first-order valence-corrected chi connectivity index (χ1v) is 11.6. The van der Waals surface area contributed by atoms with Gasteiger partial charge in [-0.15, -0.1) is 23.1 Å². The molecular weight excluding hydrogens is 430 g/mol. The van der Waals surface area contributed by atoms with E-state index in [0.29, 0.717) is 24.0 Å². The number of carbonyl (C=O) groups is 1. The van der Waals surface area contributed by atoms with Crippen LogP contribution in [0, 0.1) is 6.92 Å². The van der Waals surface area contributed by atoms with Crippen LogP contribution in [-0.4, -0.2) is 31.3 Å². The third-order valence-corrected chi connectivity index (χ3v) is 6.31. The molecule has 3 aromatic rings. The van der Waals surface area contributed by atoms with E-state index in [9.17, 15) is 4.79 Å². The minimum absolute atomic E-state index is 0.258. The van der Waals surface area contributed by atoms with E-state index >= 15 is 0 Å². The number of aryl methyl sites for hydroxylation is 1. The number of methoxy groups -OCH3 is 1. The molecule has 0 saturated heterocycles. The molecule has 1 aliphatic rings. The third-order valence-electron chi connectivity index (χ3n) is 4.47. The average Bonchev–Trinajstić information content (AvgIpc) is 3.43. The quantitative estimate of drug-likeness (QED) is 0.194. The van der Waals surface area contributed by atoms with Crippen LogP contribution in [0.1, 0.15) is 16.0 Å². The van der Waals surface area contributed by atoms with Crippen molar-refractivity contribution in [3.63, 3.8) is 0 Å². The van der Waals surface area contributed by atoms with Crippen LogP contribution >= 0.6 is 23.1 Å². The molecule has 0 saturated carbocycles. The highest BCUT2D eigenvalue weighted by Gasteiger charge is 2.24. The molecule has 0 atom stereocenters. The summed E-state index contributed by atoms with van der Waals surface area (Å²) in [5, 5.41) is 1.91. The van der Waals surface area contributed by atoms with Gasteiger partial charge in [0.25, 0.3) is 0 Å². The van der Waals surface area contributed by atoms with Gasteiger partial charge < -0.3 is 14.2 Å². The summed E-state index contributed by atoms with van der Waals surface area (Å²) in [6.45, 7) is 2.63. The molecule has 1 aromatic heterocycles. The van der Waals surface area contributed by atoms with Crippen molar-refractivity contribution in [2.24, 2.45) is 4.99 Å². The van der Waals surface area contributed by atoms with E-state index in [2.05, 4.69) is 36.2 Å². The molecular formula is C24H21NO4S2. The number of carbonyl (C=O) groups excluding carboxylic acids is 1. The van der Waals surface area contributed by atoms with Crippen molar-refractivity contribution in [1.82, 2.24) is 0 Å². The minimum Gasteiger partial charge on any atom is -0.493 e. The molecule has 4 rings (SSSR count). The molecule has 0 bridgehead atoms. The summed E-state index contributed by atoms with van der Waals surface area (Å²) in [6, 6.07) is 17.7. The minimum atomic E-state index is -0.462. The lowest BCUT2D eigenvalue weighted by Gasteiger charge is -2.11. The zero-order chi connectivity index (χ0) is 21.6. The van der Waals surface area contributed by atoms with Crippen molar-refractivity contribution in [2.75, 3.05) is 19.5 Å². The Balaban J connectivity index is 1.40. The number of cyclic esters (lactones) is 1. The van der Waals surface area contributed by atoms with Gasteiger partial charge in [0.1, 0.15) is 0 Å². The maximum atomic E-state index is 12.2. The van der Waals surface area contributed by atoms with Crippen LogP contribution in [-0.2, 0) is 9.53 Å². The number of thiophene rings is 1. The molecule has 2 aromatic carbocycles. The second-order valence-electron chi connectivity index (χ2n) is 6.73. The summed E-state index contributed by atoms with van der Waals surface area (Å²) < 4.78 is 16.6. The van der Waals surface area contributed by atoms with E-state index in [1.54, 1.807) is 24.9 Å². The van der Waals surface area contributed by atoms with Gasteiger partial charge >= 0.3 is 5.97 Å². The van der Waals surface area contributed by atoms with Crippen LogP contribution in [0.3, 0.4) is 0 Å². The van der Waals surface area contributed by atoms with Crippen LogP contribution in [0.15, 0.2) is 75.6 Å². The highest BCUT2D eigenvalue weighted by molar-refractivity contribution is 7.99. The highest BCUT2D eigenvalue weighted by atomic mass is 32.2. The van der Waals surface area contributed by atoms with E-state index in [1.807, 2.05) is 35.7 Å². The molecule has 0 fully saturated rings. The molecule has 158 valence electrons. The Bertz CT molecular complexity index is 1120. The summed E-state index contributed by atoms with van der Waals surface area (Å²) in [6.07, 6.45) is 1.68. The lowest BCUT2D eigenvalue weighted by Crippen LogP contribution is -2.03.